The Morgan fingerprint density at radius 3 is 3.00 bits per heavy atom. The van der Waals surface area contributed by atoms with Crippen LogP contribution in [0.1, 0.15) is 24.1 Å². The summed E-state index contributed by atoms with van der Waals surface area (Å²) < 4.78 is 5.24. The first kappa shape index (κ1) is 18.0. The molecule has 1 unspecified atom stereocenters. The monoisotopic (exact) mass is 356 g/mol. The molecule has 3 rings (SSSR count). The topological polar surface area (TPSA) is 78.5 Å². The van der Waals surface area contributed by atoms with Gasteiger partial charge in [0.15, 0.2) is 0 Å². The Bertz CT molecular complexity index is 760. The summed E-state index contributed by atoms with van der Waals surface area (Å²) in [6.45, 7) is 1.42. The van der Waals surface area contributed by atoms with Gasteiger partial charge >= 0.3 is 0 Å². The zero-order valence-electron chi connectivity index (χ0n) is 15.1. The minimum atomic E-state index is -0.175. The molecule has 1 N–H and O–H groups in total. The Morgan fingerprint density at radius 1 is 1.42 bits per heavy atom. The van der Waals surface area contributed by atoms with Crippen LogP contribution >= 0.6 is 0 Å². The average Bonchev–Trinajstić information content (AvgIpc) is 3.16. The molecule has 26 heavy (non-hydrogen) atoms. The highest BCUT2D eigenvalue weighted by Crippen LogP contribution is 2.23. The number of hydrogen-bond donors (Lipinski definition) is 1. The van der Waals surface area contributed by atoms with Crippen LogP contribution in [0.3, 0.4) is 0 Å². The molecule has 7 heteroatoms. The highest BCUT2D eigenvalue weighted by molar-refractivity contribution is 5.83. The number of methoxy groups -OCH3 is 1. The molecule has 0 aliphatic carbocycles. The van der Waals surface area contributed by atoms with Gasteiger partial charge in [0.2, 0.25) is 11.8 Å². The van der Waals surface area contributed by atoms with Crippen molar-refractivity contribution >= 4 is 11.8 Å². The number of piperidine rings is 1. The van der Waals surface area contributed by atoms with E-state index in [-0.39, 0.29) is 17.7 Å². The third kappa shape index (κ3) is 4.22. The van der Waals surface area contributed by atoms with Crippen molar-refractivity contribution in [2.45, 2.75) is 25.9 Å². The summed E-state index contributed by atoms with van der Waals surface area (Å²) in [6, 6.07) is 9.51. The highest BCUT2D eigenvalue weighted by Gasteiger charge is 2.31. The Kier molecular flexibility index (Phi) is 5.55. The number of H-pyrrole nitrogens is 1. The van der Waals surface area contributed by atoms with Crippen LogP contribution in [0.2, 0.25) is 0 Å². The van der Waals surface area contributed by atoms with Gasteiger partial charge in [-0.3, -0.25) is 14.7 Å². The van der Waals surface area contributed by atoms with Crippen molar-refractivity contribution in [1.82, 2.24) is 20.0 Å². The number of hydrogen-bond acceptors (Lipinski definition) is 4. The quantitative estimate of drug-likeness (QED) is 0.856. The van der Waals surface area contributed by atoms with E-state index in [0.29, 0.717) is 32.5 Å². The van der Waals surface area contributed by atoms with Crippen molar-refractivity contribution in [3.8, 4) is 5.75 Å². The molecule has 0 saturated carbocycles. The molecule has 138 valence electrons. The largest absolute Gasteiger partial charge is 0.497 e. The number of ether oxygens (including phenoxy) is 1. The number of nitrogens with one attached hydrogen (secondary N) is 1. The fourth-order valence-electron chi connectivity index (χ4n) is 3.28. The minimum Gasteiger partial charge on any atom is -0.497 e. The zero-order valence-corrected chi connectivity index (χ0v) is 15.1. The standard InChI is InChI=1S/C19H24N4O3/c1-22(13-16-8-9-20-21-16)19(25)15-6-7-18(24)23(12-15)11-14-4-3-5-17(10-14)26-2/h3-5,8-10,15H,6-7,11-13H2,1-2H3,(H,20,21). The van der Waals surface area contributed by atoms with Crippen molar-refractivity contribution in [1.29, 1.82) is 0 Å². The van der Waals surface area contributed by atoms with Crippen LogP contribution < -0.4 is 4.74 Å². The van der Waals surface area contributed by atoms with Gasteiger partial charge < -0.3 is 14.5 Å². The first-order valence-electron chi connectivity index (χ1n) is 8.70. The number of benzene rings is 1. The maximum absolute atomic E-state index is 12.8. The lowest BCUT2D eigenvalue weighted by Gasteiger charge is -2.34. The predicted molar refractivity (Wildman–Crippen MR) is 96.2 cm³/mol. The van der Waals surface area contributed by atoms with Crippen molar-refractivity contribution in [3.05, 3.63) is 47.8 Å². The Hall–Kier alpha value is -2.83. The maximum Gasteiger partial charge on any atom is 0.227 e. The number of carbonyl (C=O) groups is 2. The molecular formula is C19H24N4O3. The van der Waals surface area contributed by atoms with Gasteiger partial charge in [-0.25, -0.2) is 0 Å². The second kappa shape index (κ2) is 8.03. The second-order valence-electron chi connectivity index (χ2n) is 6.64. The second-order valence-corrected chi connectivity index (χ2v) is 6.64. The van der Waals surface area contributed by atoms with Crippen LogP contribution in [-0.2, 0) is 22.7 Å². The number of nitrogens with zero attached hydrogens (tertiary/aromatic N) is 3. The summed E-state index contributed by atoms with van der Waals surface area (Å²) in [5, 5.41) is 6.77. The first-order valence-corrected chi connectivity index (χ1v) is 8.70. The van der Waals surface area contributed by atoms with Gasteiger partial charge in [0, 0.05) is 32.8 Å². The van der Waals surface area contributed by atoms with Crippen LogP contribution in [0, 0.1) is 5.92 Å². The van der Waals surface area contributed by atoms with Gasteiger partial charge in [0.25, 0.3) is 0 Å². The van der Waals surface area contributed by atoms with Crippen molar-refractivity contribution in [2.24, 2.45) is 5.92 Å². The third-order valence-corrected chi connectivity index (χ3v) is 4.70. The summed E-state index contributed by atoms with van der Waals surface area (Å²) in [6.07, 6.45) is 2.67. The lowest BCUT2D eigenvalue weighted by Crippen LogP contribution is -2.45. The van der Waals surface area contributed by atoms with Crippen LogP contribution in [0.15, 0.2) is 36.5 Å². The van der Waals surface area contributed by atoms with Crippen LogP contribution in [0.5, 0.6) is 5.75 Å². The SMILES string of the molecule is COc1cccc(CN2CC(C(=O)N(C)Cc3ccn[nH]3)CCC2=O)c1. The maximum atomic E-state index is 12.8. The number of amides is 2. The molecule has 1 fully saturated rings. The molecular weight excluding hydrogens is 332 g/mol. The van der Waals surface area contributed by atoms with E-state index in [1.54, 1.807) is 30.2 Å². The van der Waals surface area contributed by atoms with E-state index in [1.165, 1.54) is 0 Å². The van der Waals surface area contributed by atoms with Gasteiger partial charge in [0.05, 0.1) is 25.3 Å². The fourth-order valence-corrected chi connectivity index (χ4v) is 3.28. The predicted octanol–water partition coefficient (Wildman–Crippen LogP) is 1.82. The molecule has 1 aliphatic heterocycles. The van der Waals surface area contributed by atoms with Gasteiger partial charge in [0.1, 0.15) is 5.75 Å². The average molecular weight is 356 g/mol. The first-order chi connectivity index (χ1) is 12.6. The Labute approximate surface area is 152 Å². The number of likely N-dealkylation sites (tertiary alicyclic amines) is 1. The number of aromatic nitrogens is 2. The van der Waals surface area contributed by atoms with Crippen molar-refractivity contribution < 1.29 is 14.3 Å². The molecule has 0 radical (unpaired) electrons. The lowest BCUT2D eigenvalue weighted by atomic mass is 9.95. The summed E-state index contributed by atoms with van der Waals surface area (Å²) >= 11 is 0. The summed E-state index contributed by atoms with van der Waals surface area (Å²) in [7, 11) is 3.40. The third-order valence-electron chi connectivity index (χ3n) is 4.70. The van der Waals surface area contributed by atoms with Crippen LogP contribution in [0.25, 0.3) is 0 Å². The summed E-state index contributed by atoms with van der Waals surface area (Å²) in [4.78, 5) is 28.5. The molecule has 2 heterocycles. The zero-order chi connectivity index (χ0) is 18.5. The molecule has 1 aromatic carbocycles. The Balaban J connectivity index is 1.63. The molecule has 0 spiro atoms. The van der Waals surface area contributed by atoms with E-state index in [4.69, 9.17) is 4.74 Å². The highest BCUT2D eigenvalue weighted by atomic mass is 16.5. The van der Waals surface area contributed by atoms with Gasteiger partial charge in [-0.05, 0) is 30.2 Å². The van der Waals surface area contributed by atoms with E-state index >= 15 is 0 Å². The molecule has 1 atom stereocenters. The summed E-state index contributed by atoms with van der Waals surface area (Å²) in [5.74, 6) is 0.737. The van der Waals surface area contributed by atoms with Crippen LogP contribution in [-0.4, -0.2) is 52.5 Å². The van der Waals surface area contributed by atoms with Crippen molar-refractivity contribution in [2.75, 3.05) is 20.7 Å². The van der Waals surface area contributed by atoms with Crippen LogP contribution in [0.4, 0.5) is 0 Å². The minimum absolute atomic E-state index is 0.0581. The van der Waals surface area contributed by atoms with Crippen molar-refractivity contribution in [3.63, 3.8) is 0 Å². The molecule has 2 amide bonds. The smallest absolute Gasteiger partial charge is 0.227 e. The van der Waals surface area contributed by atoms with E-state index in [0.717, 1.165) is 17.0 Å². The molecule has 1 saturated heterocycles. The molecule has 7 nitrogen and oxygen atoms in total. The molecule has 0 bridgehead atoms. The normalized spacial score (nSPS) is 17.2. The number of rotatable bonds is 6. The van der Waals surface area contributed by atoms with E-state index in [9.17, 15) is 9.59 Å². The fraction of sp³-hybridized carbons (Fsp3) is 0.421. The number of aromatic amines is 1. The van der Waals surface area contributed by atoms with Gasteiger partial charge in [-0.2, -0.15) is 5.10 Å². The number of carbonyl (C=O) groups excluding carboxylic acids is 2. The van der Waals surface area contributed by atoms with E-state index < -0.39 is 0 Å². The lowest BCUT2D eigenvalue weighted by molar-refractivity contribution is -0.143. The molecule has 1 aliphatic rings. The molecule has 2 aromatic rings. The summed E-state index contributed by atoms with van der Waals surface area (Å²) in [5.41, 5.74) is 1.89. The van der Waals surface area contributed by atoms with Gasteiger partial charge in [-0.15, -0.1) is 0 Å². The molecule has 1 aromatic heterocycles. The Morgan fingerprint density at radius 2 is 2.27 bits per heavy atom. The van der Waals surface area contributed by atoms with E-state index in [2.05, 4.69) is 10.2 Å². The van der Waals surface area contributed by atoms with Gasteiger partial charge in [-0.1, -0.05) is 12.1 Å². The van der Waals surface area contributed by atoms with E-state index in [1.807, 2.05) is 30.3 Å².